The number of carbonyl (C=O) groups excluding carboxylic acids is 4. The fraction of sp³-hybridized carbons (Fsp3) is 0.667. The van der Waals surface area contributed by atoms with Crippen molar-refractivity contribution in [3.63, 3.8) is 0 Å². The summed E-state index contributed by atoms with van der Waals surface area (Å²) in [6, 6.07) is 12.1. The molecule has 4 heterocycles. The minimum absolute atomic E-state index is 0.0925. The highest BCUT2D eigenvalue weighted by Crippen LogP contribution is 2.51. The van der Waals surface area contributed by atoms with Gasteiger partial charge in [-0.2, -0.15) is 0 Å². The summed E-state index contributed by atoms with van der Waals surface area (Å²) >= 11 is 0. The number of imidazole rings is 2. The number of methoxy groups -OCH3 is 2. The molecular weight excluding hydrogens is 857 g/mol. The normalized spacial score (nSPS) is 29.6. The number of likely N-dealkylation sites (tertiary alicyclic amines) is 2. The van der Waals surface area contributed by atoms with E-state index in [0.717, 1.165) is 46.6 Å². The number of hydrogen-bond donors (Lipinski definition) is 4. The van der Waals surface area contributed by atoms with Crippen LogP contribution in [0.3, 0.4) is 0 Å². The number of aromatic nitrogens is 4. The molecule has 4 bridgehead atoms. The van der Waals surface area contributed by atoms with Gasteiger partial charge in [-0.05, 0) is 146 Å². The zero-order valence-electron chi connectivity index (χ0n) is 41.7. The number of fused-ring (bicyclic) bond motifs is 2. The molecule has 6 aliphatic carbocycles. The van der Waals surface area contributed by atoms with E-state index < -0.39 is 24.3 Å². The van der Waals surface area contributed by atoms with Gasteiger partial charge in [0, 0.05) is 13.1 Å². The molecule has 12 rings (SSSR count). The number of hydrogen-bond acceptors (Lipinski definition) is 8. The number of ether oxygens (including phenoxy) is 2. The van der Waals surface area contributed by atoms with E-state index in [9.17, 15) is 19.2 Å². The molecule has 8 fully saturated rings. The predicted molar refractivity (Wildman–Crippen MR) is 263 cm³/mol. The molecule has 14 nitrogen and oxygen atoms in total. The maximum atomic E-state index is 14.0. The van der Waals surface area contributed by atoms with E-state index in [1.165, 1.54) is 89.6 Å². The van der Waals surface area contributed by atoms with E-state index in [2.05, 4.69) is 70.8 Å². The summed E-state index contributed by atoms with van der Waals surface area (Å²) in [5.41, 5.74) is 6.79. The third-order valence-electron chi connectivity index (χ3n) is 17.0. The van der Waals surface area contributed by atoms with Gasteiger partial charge in [-0.1, -0.05) is 79.4 Å². The molecule has 2 unspecified atom stereocenters. The van der Waals surface area contributed by atoms with Crippen molar-refractivity contribution >= 4 is 46.1 Å². The lowest BCUT2D eigenvalue weighted by molar-refractivity contribution is -0.136. The first-order valence-corrected chi connectivity index (χ1v) is 26.0. The second-order valence-corrected chi connectivity index (χ2v) is 22.5. The first-order chi connectivity index (χ1) is 32.7. The molecule has 8 aliphatic rings. The van der Waals surface area contributed by atoms with Gasteiger partial charge >= 0.3 is 12.2 Å². The van der Waals surface area contributed by atoms with E-state index in [4.69, 9.17) is 19.4 Å². The Bertz CT molecular complexity index is 2290. The SMILES string of the molecule is COC(=O)N[C@H](C(=O)N1C[C@H](C)C[C@H]1c1nc2ccc(C3C[C@H]4CCC3CCC3CC[C@H](CC4)C(c4ccc5nc([C@@H]6C[C@@H](C)CN6C(=O)[C@@H](NC(=O)OC)C(C)C)[nH]c5c4)C3)cc2[nH]1)C(C)C. The number of aromatic amines is 2. The van der Waals surface area contributed by atoms with E-state index in [1.54, 1.807) is 0 Å². The van der Waals surface area contributed by atoms with E-state index in [-0.39, 0.29) is 35.7 Å². The number of amides is 4. The van der Waals surface area contributed by atoms with Crippen LogP contribution in [0.5, 0.6) is 0 Å². The molecule has 0 spiro atoms. The Balaban J connectivity index is 0.896. The van der Waals surface area contributed by atoms with Crippen molar-refractivity contribution in [2.24, 2.45) is 47.3 Å². The summed E-state index contributed by atoms with van der Waals surface area (Å²) < 4.78 is 9.72. The molecule has 2 aromatic heterocycles. The highest BCUT2D eigenvalue weighted by molar-refractivity contribution is 5.87. The Kier molecular flexibility index (Phi) is 14.1. The van der Waals surface area contributed by atoms with Crippen LogP contribution in [-0.2, 0) is 19.1 Å². The Hall–Kier alpha value is -5.14. The highest BCUT2D eigenvalue weighted by Gasteiger charge is 2.43. The fourth-order valence-corrected chi connectivity index (χ4v) is 13.3. The number of H-pyrrole nitrogens is 2. The van der Waals surface area contributed by atoms with Crippen LogP contribution in [0, 0.1) is 47.3 Å². The molecule has 0 radical (unpaired) electrons. The number of nitrogens with one attached hydrogen (secondary N) is 4. The molecule has 2 saturated heterocycles. The number of rotatable bonds is 10. The number of nitrogens with zero attached hydrogens (tertiary/aromatic N) is 4. The molecule has 68 heavy (non-hydrogen) atoms. The Morgan fingerprint density at radius 3 is 1.32 bits per heavy atom. The predicted octanol–water partition coefficient (Wildman–Crippen LogP) is 10.3. The lowest BCUT2D eigenvalue weighted by Crippen LogP contribution is -2.51. The first kappa shape index (κ1) is 47.9. The van der Waals surface area contributed by atoms with Crippen molar-refractivity contribution in [1.82, 2.24) is 40.4 Å². The van der Waals surface area contributed by atoms with Crippen LogP contribution in [0.4, 0.5) is 9.59 Å². The molecule has 14 heteroatoms. The van der Waals surface area contributed by atoms with Gasteiger partial charge in [-0.25, -0.2) is 19.6 Å². The number of alkyl carbamates (subject to hydrolysis) is 2. The summed E-state index contributed by atoms with van der Waals surface area (Å²) in [6.07, 6.45) is 13.1. The Morgan fingerprint density at radius 2 is 0.971 bits per heavy atom. The third kappa shape index (κ3) is 9.84. The molecule has 368 valence electrons. The van der Waals surface area contributed by atoms with Crippen LogP contribution in [0.1, 0.15) is 165 Å². The molecule has 8 atom stereocenters. The minimum Gasteiger partial charge on any atom is -0.453 e. The summed E-state index contributed by atoms with van der Waals surface area (Å²) in [7, 11) is 2.65. The van der Waals surface area contributed by atoms with E-state index in [0.29, 0.717) is 60.4 Å². The standard InChI is InChI=1S/C54H76N8O6/c1-29(2)47(59-53(65)67-7)51(63)61-27-31(5)21-45(61)49-55-41-19-17-37(25-43(41)57-49)39-23-33-9-13-35(39)15-11-34-10-14-36(16-12-33)40(24-34)38-18-20-42-44(26-38)58-50(56-42)46-22-32(6)28-62(46)52(64)48(30(3)4)60-54(66)68-8/h17-20,25-26,29-36,39-40,45-48H,9-16,21-24,27-28H2,1-8H3,(H,55,57)(H,56,58)(H,59,65)(H,60,66)/t31-,32-,33+,34?,35?,36-,39?,40?,45+,46+,47+,48+/m1/s1. The topological polar surface area (TPSA) is 175 Å². The van der Waals surface area contributed by atoms with Crippen molar-refractivity contribution in [2.45, 2.75) is 155 Å². The summed E-state index contributed by atoms with van der Waals surface area (Å²) in [5, 5.41) is 5.56. The first-order valence-electron chi connectivity index (χ1n) is 26.0. The minimum atomic E-state index is -0.675. The van der Waals surface area contributed by atoms with Gasteiger partial charge in [0.1, 0.15) is 23.7 Å². The zero-order valence-corrected chi connectivity index (χ0v) is 41.7. The van der Waals surface area contributed by atoms with Gasteiger partial charge in [-0.3, -0.25) is 9.59 Å². The molecule has 6 saturated carbocycles. The van der Waals surface area contributed by atoms with Gasteiger partial charge in [0.2, 0.25) is 11.8 Å². The third-order valence-corrected chi connectivity index (χ3v) is 17.0. The Morgan fingerprint density at radius 1 is 0.588 bits per heavy atom. The fourth-order valence-electron chi connectivity index (χ4n) is 13.3. The van der Waals surface area contributed by atoms with E-state index >= 15 is 0 Å². The number of benzene rings is 2. The van der Waals surface area contributed by atoms with Crippen molar-refractivity contribution in [3.8, 4) is 0 Å². The summed E-state index contributed by atoms with van der Waals surface area (Å²) in [5.74, 6) is 5.63. The maximum Gasteiger partial charge on any atom is 0.407 e. The largest absolute Gasteiger partial charge is 0.453 e. The molecule has 4 N–H and O–H groups in total. The molecule has 4 aromatic rings. The van der Waals surface area contributed by atoms with Gasteiger partial charge in [0.15, 0.2) is 0 Å². The summed E-state index contributed by atoms with van der Waals surface area (Å²) in [4.78, 5) is 73.8. The van der Waals surface area contributed by atoms with Gasteiger partial charge in [0.05, 0.1) is 48.4 Å². The lowest BCUT2D eigenvalue weighted by Gasteiger charge is -2.42. The maximum absolute atomic E-state index is 14.0. The highest BCUT2D eigenvalue weighted by atomic mass is 16.5. The molecule has 4 amide bonds. The number of carbonyl (C=O) groups is 4. The molecule has 2 aromatic carbocycles. The molecular formula is C54H76N8O6. The summed E-state index contributed by atoms with van der Waals surface area (Å²) in [6.45, 7) is 13.4. The monoisotopic (exact) mass is 933 g/mol. The van der Waals surface area contributed by atoms with Crippen LogP contribution in [0.15, 0.2) is 36.4 Å². The van der Waals surface area contributed by atoms with Gasteiger partial charge < -0.3 is 39.9 Å². The van der Waals surface area contributed by atoms with Crippen LogP contribution in [0.25, 0.3) is 22.1 Å². The second-order valence-electron chi connectivity index (χ2n) is 22.5. The average Bonchev–Trinajstić information content (AvgIpc) is 4.13. The smallest absolute Gasteiger partial charge is 0.407 e. The average molecular weight is 933 g/mol. The van der Waals surface area contributed by atoms with Crippen molar-refractivity contribution < 1.29 is 28.7 Å². The van der Waals surface area contributed by atoms with Gasteiger partial charge in [0.25, 0.3) is 0 Å². The van der Waals surface area contributed by atoms with Crippen LogP contribution < -0.4 is 10.6 Å². The zero-order chi connectivity index (χ0) is 48.0. The van der Waals surface area contributed by atoms with Crippen LogP contribution in [0.2, 0.25) is 0 Å². The Labute approximate surface area is 402 Å². The lowest BCUT2D eigenvalue weighted by atomic mass is 9.63. The molecule has 2 aliphatic heterocycles. The quantitative estimate of drug-likeness (QED) is 0.122. The van der Waals surface area contributed by atoms with Crippen molar-refractivity contribution in [3.05, 3.63) is 59.2 Å². The van der Waals surface area contributed by atoms with Crippen LogP contribution >= 0.6 is 0 Å². The van der Waals surface area contributed by atoms with E-state index in [1.807, 2.05) is 37.5 Å². The van der Waals surface area contributed by atoms with Crippen molar-refractivity contribution in [1.29, 1.82) is 0 Å². The van der Waals surface area contributed by atoms with Crippen molar-refractivity contribution in [2.75, 3.05) is 27.3 Å². The second kappa shape index (κ2) is 20.1. The van der Waals surface area contributed by atoms with Gasteiger partial charge in [-0.15, -0.1) is 0 Å². The van der Waals surface area contributed by atoms with Crippen LogP contribution in [-0.4, -0.2) is 93.1 Å².